The lowest BCUT2D eigenvalue weighted by Crippen LogP contribution is -2.10. The quantitative estimate of drug-likeness (QED) is 0.394. The molecule has 0 radical (unpaired) electrons. The van der Waals surface area contributed by atoms with Gasteiger partial charge in [0, 0.05) is 6.54 Å². The summed E-state index contributed by atoms with van der Waals surface area (Å²) in [5, 5.41) is 0.507. The monoisotopic (exact) mass is 440 g/mol. The number of ether oxygens (including phenoxy) is 2. The van der Waals surface area contributed by atoms with Crippen LogP contribution < -0.4 is 15.0 Å². The zero-order valence-electron chi connectivity index (χ0n) is 18.5. The molecule has 0 aliphatic rings. The molecule has 0 bridgehead atoms. The van der Waals surface area contributed by atoms with E-state index in [1.54, 1.807) is 19.5 Å². The minimum atomic E-state index is -0.202. The predicted octanol–water partition coefficient (Wildman–Crippen LogP) is 4.79. The van der Waals surface area contributed by atoms with Crippen molar-refractivity contribution in [3.8, 4) is 22.9 Å². The summed E-state index contributed by atoms with van der Waals surface area (Å²) < 4.78 is 13.2. The number of aromatic amines is 1. The predicted molar refractivity (Wildman–Crippen MR) is 129 cm³/mol. The normalized spacial score (nSPS) is 11.2. The summed E-state index contributed by atoms with van der Waals surface area (Å²) >= 11 is 0. The number of nitrogens with one attached hydrogen (secondary N) is 1. The van der Waals surface area contributed by atoms with Gasteiger partial charge in [0.25, 0.3) is 5.56 Å². The third-order valence-corrected chi connectivity index (χ3v) is 5.56. The molecule has 0 saturated heterocycles. The van der Waals surface area contributed by atoms with Crippen LogP contribution >= 0.6 is 0 Å². The Balaban J connectivity index is 1.58. The van der Waals surface area contributed by atoms with Crippen LogP contribution in [0.3, 0.4) is 0 Å². The van der Waals surface area contributed by atoms with Gasteiger partial charge in [-0.1, -0.05) is 31.2 Å². The van der Waals surface area contributed by atoms with Gasteiger partial charge in [-0.2, -0.15) is 0 Å². The number of benzene rings is 3. The number of hydrogen-bond acceptors (Lipinski definition) is 5. The first-order valence-corrected chi connectivity index (χ1v) is 10.9. The van der Waals surface area contributed by atoms with Crippen LogP contribution in [0.25, 0.3) is 33.3 Å². The first-order valence-electron chi connectivity index (χ1n) is 10.9. The van der Waals surface area contributed by atoms with Gasteiger partial charge in [0.05, 0.1) is 47.5 Å². The van der Waals surface area contributed by atoms with E-state index in [1.165, 1.54) is 0 Å². The van der Waals surface area contributed by atoms with Crippen molar-refractivity contribution in [3.63, 3.8) is 0 Å². The van der Waals surface area contributed by atoms with Crippen molar-refractivity contribution in [1.29, 1.82) is 0 Å². The molecule has 5 rings (SSSR count). The van der Waals surface area contributed by atoms with Gasteiger partial charge in [0.1, 0.15) is 17.3 Å². The van der Waals surface area contributed by atoms with Crippen molar-refractivity contribution < 1.29 is 9.47 Å². The largest absolute Gasteiger partial charge is 0.497 e. The van der Waals surface area contributed by atoms with Crippen LogP contribution in [0.15, 0.2) is 71.8 Å². The lowest BCUT2D eigenvalue weighted by atomic mass is 10.1. The molecule has 0 amide bonds. The number of rotatable bonds is 7. The molecule has 0 saturated carbocycles. The maximum atomic E-state index is 12.9. The second-order valence-corrected chi connectivity index (χ2v) is 7.84. The summed E-state index contributed by atoms with van der Waals surface area (Å²) in [6.45, 7) is 3.30. The van der Waals surface area contributed by atoms with E-state index < -0.39 is 0 Å². The van der Waals surface area contributed by atoms with Crippen LogP contribution in [0, 0.1) is 0 Å². The van der Waals surface area contributed by atoms with Gasteiger partial charge in [-0.3, -0.25) is 4.79 Å². The number of nitrogens with zero attached hydrogens (tertiary/aromatic N) is 3. The minimum Gasteiger partial charge on any atom is -0.497 e. The number of para-hydroxylation sites is 1. The highest BCUT2D eigenvalue weighted by atomic mass is 16.5. The summed E-state index contributed by atoms with van der Waals surface area (Å²) in [6, 6.07) is 19.3. The SMILES string of the molecule is CCCOc1ccccc1-c1nc2cc3c(cc2c(=O)[nH]1)ncn3Cc1ccc(OC)cc1. The van der Waals surface area contributed by atoms with Crippen molar-refractivity contribution >= 4 is 21.9 Å². The molecule has 0 spiro atoms. The maximum Gasteiger partial charge on any atom is 0.259 e. The van der Waals surface area contributed by atoms with Crippen molar-refractivity contribution in [2.45, 2.75) is 19.9 Å². The highest BCUT2D eigenvalue weighted by Gasteiger charge is 2.13. The van der Waals surface area contributed by atoms with Crippen LogP contribution in [0.2, 0.25) is 0 Å². The molecule has 0 atom stereocenters. The van der Waals surface area contributed by atoms with Crippen LogP contribution in [-0.4, -0.2) is 33.2 Å². The number of aromatic nitrogens is 4. The Morgan fingerprint density at radius 1 is 1.03 bits per heavy atom. The van der Waals surface area contributed by atoms with Crippen LogP contribution in [-0.2, 0) is 6.54 Å². The molecule has 1 N–H and O–H groups in total. The fourth-order valence-electron chi connectivity index (χ4n) is 3.87. The minimum absolute atomic E-state index is 0.202. The van der Waals surface area contributed by atoms with E-state index in [-0.39, 0.29) is 5.56 Å². The first-order chi connectivity index (χ1) is 16.2. The fraction of sp³-hybridized carbons (Fsp3) is 0.192. The number of hydrogen-bond donors (Lipinski definition) is 1. The molecular formula is C26H24N4O3. The lowest BCUT2D eigenvalue weighted by Gasteiger charge is -2.11. The number of methoxy groups -OCH3 is 1. The van der Waals surface area contributed by atoms with E-state index in [9.17, 15) is 4.79 Å². The molecule has 33 heavy (non-hydrogen) atoms. The molecule has 7 nitrogen and oxygen atoms in total. The van der Waals surface area contributed by atoms with Gasteiger partial charge in [-0.15, -0.1) is 0 Å². The fourth-order valence-corrected chi connectivity index (χ4v) is 3.87. The second-order valence-electron chi connectivity index (χ2n) is 7.84. The van der Waals surface area contributed by atoms with Crippen LogP contribution in [0.5, 0.6) is 11.5 Å². The average Bonchev–Trinajstić information content (AvgIpc) is 3.23. The lowest BCUT2D eigenvalue weighted by molar-refractivity contribution is 0.318. The Kier molecular flexibility index (Phi) is 5.52. The molecule has 7 heteroatoms. The average molecular weight is 441 g/mol. The molecule has 3 aromatic carbocycles. The molecule has 0 unspecified atom stereocenters. The summed E-state index contributed by atoms with van der Waals surface area (Å²) in [5.41, 5.74) is 3.96. The Bertz CT molecular complexity index is 1490. The summed E-state index contributed by atoms with van der Waals surface area (Å²) in [6.07, 6.45) is 2.68. The summed E-state index contributed by atoms with van der Waals surface area (Å²) in [4.78, 5) is 25.1. The first kappa shape index (κ1) is 20.8. The number of fused-ring (bicyclic) bond motifs is 2. The summed E-state index contributed by atoms with van der Waals surface area (Å²) in [5.74, 6) is 2.01. The molecule has 166 valence electrons. The zero-order chi connectivity index (χ0) is 22.8. The Morgan fingerprint density at radius 3 is 2.64 bits per heavy atom. The van der Waals surface area contributed by atoms with Crippen LogP contribution in [0.1, 0.15) is 18.9 Å². The zero-order valence-corrected chi connectivity index (χ0v) is 18.5. The third-order valence-electron chi connectivity index (χ3n) is 5.56. The summed E-state index contributed by atoms with van der Waals surface area (Å²) in [7, 11) is 1.65. The van der Waals surface area contributed by atoms with Gasteiger partial charge in [-0.25, -0.2) is 9.97 Å². The topological polar surface area (TPSA) is 82.0 Å². The van der Waals surface area contributed by atoms with Gasteiger partial charge in [0.15, 0.2) is 0 Å². The third kappa shape index (κ3) is 4.05. The van der Waals surface area contributed by atoms with Crippen LogP contribution in [0.4, 0.5) is 0 Å². The molecular weight excluding hydrogens is 416 g/mol. The molecule has 5 aromatic rings. The van der Waals surface area contributed by atoms with Gasteiger partial charge < -0.3 is 19.0 Å². The molecule has 0 aliphatic heterocycles. The highest BCUT2D eigenvalue weighted by molar-refractivity contribution is 5.93. The van der Waals surface area contributed by atoms with E-state index in [2.05, 4.69) is 21.5 Å². The van der Waals surface area contributed by atoms with E-state index in [0.29, 0.717) is 35.6 Å². The Hall–Kier alpha value is -4.13. The maximum absolute atomic E-state index is 12.9. The molecule has 2 aromatic heterocycles. The van der Waals surface area contributed by atoms with Crippen molar-refractivity contribution in [2.24, 2.45) is 0 Å². The second kappa shape index (κ2) is 8.78. The van der Waals surface area contributed by atoms with Gasteiger partial charge in [-0.05, 0) is 48.4 Å². The van der Waals surface area contributed by atoms with E-state index in [0.717, 1.165) is 34.3 Å². The Morgan fingerprint density at radius 2 is 1.85 bits per heavy atom. The number of imidazole rings is 1. The molecule has 0 fully saturated rings. The number of H-pyrrole nitrogens is 1. The van der Waals surface area contributed by atoms with Crippen molar-refractivity contribution in [3.05, 3.63) is 82.9 Å². The van der Waals surface area contributed by atoms with Crippen molar-refractivity contribution in [2.75, 3.05) is 13.7 Å². The van der Waals surface area contributed by atoms with Gasteiger partial charge in [0.2, 0.25) is 0 Å². The molecule has 0 aliphatic carbocycles. The van der Waals surface area contributed by atoms with E-state index in [4.69, 9.17) is 14.5 Å². The van der Waals surface area contributed by atoms with E-state index >= 15 is 0 Å². The highest BCUT2D eigenvalue weighted by Crippen LogP contribution is 2.28. The molecule has 2 heterocycles. The Labute approximate surface area is 190 Å². The van der Waals surface area contributed by atoms with Gasteiger partial charge >= 0.3 is 0 Å². The van der Waals surface area contributed by atoms with Crippen molar-refractivity contribution in [1.82, 2.24) is 19.5 Å². The standard InChI is InChI=1S/C26H24N4O3/c1-3-12-33-24-7-5-4-6-19(24)25-28-21-14-23-22(13-20(21)26(31)29-25)27-16-30(23)15-17-8-10-18(32-2)11-9-17/h4-11,13-14,16H,3,12,15H2,1-2H3,(H,28,29,31). The smallest absolute Gasteiger partial charge is 0.259 e. The van der Waals surface area contributed by atoms with E-state index in [1.807, 2.05) is 54.6 Å².